The fraction of sp³-hybridized carbons (Fsp3) is 0.400. The number of thiazole rings is 1. The molecule has 0 aliphatic carbocycles. The number of hydrogen-bond donors (Lipinski definition) is 0. The summed E-state index contributed by atoms with van der Waals surface area (Å²) in [6.07, 6.45) is 1.96. The van der Waals surface area contributed by atoms with Crippen LogP contribution in [0.5, 0.6) is 11.5 Å². The van der Waals surface area contributed by atoms with Crippen molar-refractivity contribution in [3.8, 4) is 11.5 Å². The Morgan fingerprint density at radius 3 is 2.45 bits per heavy atom. The Bertz CT molecular complexity index is 1230. The molecule has 2 heterocycles. The van der Waals surface area contributed by atoms with Crippen LogP contribution < -0.4 is 14.4 Å². The summed E-state index contributed by atoms with van der Waals surface area (Å²) in [5, 5.41) is 2.67. The minimum Gasteiger partial charge on any atom is -0.493 e. The largest absolute Gasteiger partial charge is 0.493 e. The Hall–Kier alpha value is -2.58. The van der Waals surface area contributed by atoms with Crippen LogP contribution in [0.2, 0.25) is 0 Å². The van der Waals surface area contributed by atoms with Gasteiger partial charge in [-0.2, -0.15) is 0 Å². The molecule has 176 valence electrons. The third-order valence-electron chi connectivity index (χ3n) is 6.25. The first-order valence-corrected chi connectivity index (χ1v) is 13.5. The van der Waals surface area contributed by atoms with Gasteiger partial charge in [0.25, 0.3) is 0 Å². The van der Waals surface area contributed by atoms with E-state index in [1.807, 2.05) is 0 Å². The molecular weight excluding hydrogens is 456 g/mol. The molecule has 0 atom stereocenters. The molecule has 6 nitrogen and oxygen atoms in total. The summed E-state index contributed by atoms with van der Waals surface area (Å²) in [5.41, 5.74) is 4.88. The van der Waals surface area contributed by atoms with Crippen molar-refractivity contribution in [2.45, 2.75) is 43.3 Å². The van der Waals surface area contributed by atoms with Crippen molar-refractivity contribution in [3.63, 3.8) is 0 Å². The van der Waals surface area contributed by atoms with Crippen molar-refractivity contribution >= 4 is 26.3 Å². The van der Waals surface area contributed by atoms with Gasteiger partial charge in [-0.15, -0.1) is 11.3 Å². The Labute approximate surface area is 200 Å². The third kappa shape index (κ3) is 5.01. The maximum absolute atomic E-state index is 13.2. The molecule has 0 radical (unpaired) electrons. The smallest absolute Gasteiger partial charge is 0.185 e. The maximum atomic E-state index is 13.2. The first-order chi connectivity index (χ1) is 15.8. The van der Waals surface area contributed by atoms with E-state index >= 15 is 0 Å². The summed E-state index contributed by atoms with van der Waals surface area (Å²) in [6.45, 7) is 5.59. The molecule has 3 aromatic rings. The molecule has 1 fully saturated rings. The molecule has 0 N–H and O–H groups in total. The lowest BCUT2D eigenvalue weighted by molar-refractivity contribution is 0.354. The molecule has 4 rings (SSSR count). The average Bonchev–Trinajstić information content (AvgIpc) is 3.29. The SMILES string of the molecule is COc1ccc(S(=O)(=O)C2CCN(c3nc(Cc4cc(C)ccc4C)cs3)CC2)cc1OC. The molecular formula is C25H30N2O4S2. The maximum Gasteiger partial charge on any atom is 0.185 e. The van der Waals surface area contributed by atoms with Gasteiger partial charge < -0.3 is 14.4 Å². The number of hydrogen-bond acceptors (Lipinski definition) is 7. The molecule has 0 amide bonds. The number of nitrogens with zero attached hydrogens (tertiary/aromatic N) is 2. The number of benzene rings is 2. The Morgan fingerprint density at radius 1 is 1.03 bits per heavy atom. The quantitative estimate of drug-likeness (QED) is 0.477. The summed E-state index contributed by atoms with van der Waals surface area (Å²) in [7, 11) is -0.404. The molecule has 1 aliphatic heterocycles. The fourth-order valence-electron chi connectivity index (χ4n) is 4.25. The van der Waals surface area contributed by atoms with Crippen LogP contribution in [-0.2, 0) is 16.3 Å². The molecule has 2 aromatic carbocycles. The van der Waals surface area contributed by atoms with Gasteiger partial charge in [0.1, 0.15) is 0 Å². The van der Waals surface area contributed by atoms with Gasteiger partial charge in [-0.25, -0.2) is 13.4 Å². The highest BCUT2D eigenvalue weighted by Gasteiger charge is 2.32. The summed E-state index contributed by atoms with van der Waals surface area (Å²) >= 11 is 1.63. The average molecular weight is 487 g/mol. The normalized spacial score (nSPS) is 15.0. The molecule has 33 heavy (non-hydrogen) atoms. The van der Waals surface area contributed by atoms with Gasteiger partial charge in [-0.05, 0) is 49.9 Å². The fourth-order valence-corrected chi connectivity index (χ4v) is 6.88. The van der Waals surface area contributed by atoms with Crippen molar-refractivity contribution in [2.75, 3.05) is 32.2 Å². The summed E-state index contributed by atoms with van der Waals surface area (Å²) in [6, 6.07) is 11.3. The van der Waals surface area contributed by atoms with Crippen LogP contribution in [-0.4, -0.2) is 46.0 Å². The monoisotopic (exact) mass is 486 g/mol. The number of piperidine rings is 1. The van der Waals surface area contributed by atoms with E-state index in [9.17, 15) is 8.42 Å². The second-order valence-electron chi connectivity index (χ2n) is 8.48. The van der Waals surface area contributed by atoms with Gasteiger partial charge in [-0.1, -0.05) is 23.8 Å². The predicted octanol–water partition coefficient (Wildman–Crippen LogP) is 4.81. The van der Waals surface area contributed by atoms with E-state index < -0.39 is 15.1 Å². The zero-order valence-corrected chi connectivity index (χ0v) is 21.1. The molecule has 1 aromatic heterocycles. The van der Waals surface area contributed by atoms with Crippen LogP contribution in [0.1, 0.15) is 35.2 Å². The van der Waals surface area contributed by atoms with E-state index in [4.69, 9.17) is 14.5 Å². The van der Waals surface area contributed by atoms with Gasteiger partial charge in [-0.3, -0.25) is 0 Å². The lowest BCUT2D eigenvalue weighted by Gasteiger charge is -2.31. The number of sulfone groups is 1. The topological polar surface area (TPSA) is 68.7 Å². The molecule has 1 aliphatic rings. The van der Waals surface area contributed by atoms with Crippen LogP contribution in [0, 0.1) is 13.8 Å². The summed E-state index contributed by atoms with van der Waals surface area (Å²) < 4.78 is 37.0. The standard InChI is InChI=1S/C25H30N2O4S2/c1-17-5-6-18(2)19(13-17)14-20-16-32-25(26-20)27-11-9-21(10-12-27)33(28,29)22-7-8-23(30-3)24(15-22)31-4/h5-8,13,15-16,21H,9-12,14H2,1-4H3. The highest BCUT2D eigenvalue weighted by atomic mass is 32.2. The number of rotatable bonds is 7. The summed E-state index contributed by atoms with van der Waals surface area (Å²) in [4.78, 5) is 7.34. The van der Waals surface area contributed by atoms with E-state index in [0.29, 0.717) is 37.4 Å². The number of anilines is 1. The van der Waals surface area contributed by atoms with Crippen molar-refractivity contribution < 1.29 is 17.9 Å². The van der Waals surface area contributed by atoms with E-state index in [2.05, 4.69) is 42.3 Å². The zero-order valence-electron chi connectivity index (χ0n) is 19.5. The number of ether oxygens (including phenoxy) is 2. The molecule has 0 bridgehead atoms. The number of aromatic nitrogens is 1. The predicted molar refractivity (Wildman–Crippen MR) is 133 cm³/mol. The minimum absolute atomic E-state index is 0.281. The van der Waals surface area contributed by atoms with Crippen molar-refractivity contribution in [1.29, 1.82) is 0 Å². The van der Waals surface area contributed by atoms with E-state index in [1.54, 1.807) is 29.5 Å². The Kier molecular flexibility index (Phi) is 6.95. The molecule has 8 heteroatoms. The Morgan fingerprint density at radius 2 is 1.76 bits per heavy atom. The number of aryl methyl sites for hydroxylation is 2. The van der Waals surface area contributed by atoms with Gasteiger partial charge in [0, 0.05) is 31.0 Å². The zero-order chi connectivity index (χ0) is 23.6. The van der Waals surface area contributed by atoms with Crippen molar-refractivity contribution in [3.05, 3.63) is 64.2 Å². The van der Waals surface area contributed by atoms with E-state index in [0.717, 1.165) is 17.2 Å². The summed E-state index contributed by atoms with van der Waals surface area (Å²) in [5.74, 6) is 0.946. The number of methoxy groups -OCH3 is 2. The lowest BCUT2D eigenvalue weighted by Crippen LogP contribution is -2.39. The molecule has 1 saturated heterocycles. The van der Waals surface area contributed by atoms with Crippen LogP contribution in [0.4, 0.5) is 5.13 Å². The van der Waals surface area contributed by atoms with Gasteiger partial charge >= 0.3 is 0 Å². The highest BCUT2D eigenvalue weighted by Crippen LogP contribution is 2.34. The molecule has 0 spiro atoms. The Balaban J connectivity index is 1.42. The van der Waals surface area contributed by atoms with Crippen LogP contribution >= 0.6 is 11.3 Å². The lowest BCUT2D eigenvalue weighted by atomic mass is 10.0. The van der Waals surface area contributed by atoms with E-state index in [1.165, 1.54) is 30.9 Å². The van der Waals surface area contributed by atoms with Gasteiger partial charge in [0.2, 0.25) is 0 Å². The van der Waals surface area contributed by atoms with Gasteiger partial charge in [0.15, 0.2) is 26.5 Å². The highest BCUT2D eigenvalue weighted by molar-refractivity contribution is 7.92. The van der Waals surface area contributed by atoms with E-state index in [-0.39, 0.29) is 4.90 Å². The van der Waals surface area contributed by atoms with Crippen molar-refractivity contribution in [1.82, 2.24) is 4.98 Å². The van der Waals surface area contributed by atoms with Crippen LogP contribution in [0.25, 0.3) is 0 Å². The van der Waals surface area contributed by atoms with Crippen LogP contribution in [0.3, 0.4) is 0 Å². The molecule has 0 saturated carbocycles. The molecule has 0 unspecified atom stereocenters. The van der Waals surface area contributed by atoms with Crippen LogP contribution in [0.15, 0.2) is 46.7 Å². The first-order valence-electron chi connectivity index (χ1n) is 11.0. The minimum atomic E-state index is -3.45. The third-order valence-corrected chi connectivity index (χ3v) is 9.46. The van der Waals surface area contributed by atoms with Crippen molar-refractivity contribution in [2.24, 2.45) is 0 Å². The van der Waals surface area contributed by atoms with Gasteiger partial charge in [0.05, 0.1) is 30.1 Å². The second kappa shape index (κ2) is 9.73. The first kappa shape index (κ1) is 23.6. The second-order valence-corrected chi connectivity index (χ2v) is 11.5.